The lowest BCUT2D eigenvalue weighted by Gasteiger charge is -2.01. The van der Waals surface area contributed by atoms with Gasteiger partial charge in [-0.1, -0.05) is 18.5 Å². The van der Waals surface area contributed by atoms with Gasteiger partial charge in [0.1, 0.15) is 0 Å². The Bertz CT molecular complexity index is 542. The number of halogens is 2. The molecule has 0 amide bonds. The number of nitrogens with zero attached hydrogens (tertiary/aromatic N) is 1. The van der Waals surface area contributed by atoms with Crippen molar-refractivity contribution in [2.24, 2.45) is 0 Å². The van der Waals surface area contributed by atoms with Gasteiger partial charge in [-0.05, 0) is 60.3 Å². The van der Waals surface area contributed by atoms with Gasteiger partial charge in [0.25, 0.3) is 0 Å². The first-order chi connectivity index (χ1) is 9.20. The summed E-state index contributed by atoms with van der Waals surface area (Å²) in [5.74, 6) is 1.56. The third kappa shape index (κ3) is 4.19. The Morgan fingerprint density at radius 2 is 2.26 bits per heavy atom. The minimum atomic E-state index is 0.709. The molecule has 2 rings (SSSR count). The molecular weight excluding hydrogens is 375 g/mol. The molecule has 0 aliphatic heterocycles. The van der Waals surface area contributed by atoms with E-state index in [4.69, 9.17) is 16.0 Å². The molecule has 0 radical (unpaired) electrons. The van der Waals surface area contributed by atoms with Gasteiger partial charge in [-0.2, -0.15) is 0 Å². The van der Waals surface area contributed by atoms with Crippen LogP contribution in [0.2, 0.25) is 5.02 Å². The molecule has 1 aromatic heterocycles. The minimum absolute atomic E-state index is 0.709. The van der Waals surface area contributed by atoms with E-state index in [0.717, 1.165) is 46.7 Å². The number of oxazole rings is 1. The Morgan fingerprint density at radius 1 is 1.42 bits per heavy atom. The van der Waals surface area contributed by atoms with E-state index in [2.05, 4.69) is 39.8 Å². The molecule has 1 N–H and O–H groups in total. The summed E-state index contributed by atoms with van der Waals surface area (Å²) in [4.78, 5) is 4.32. The highest BCUT2D eigenvalue weighted by atomic mass is 127. The lowest BCUT2D eigenvalue weighted by atomic mass is 10.2. The van der Waals surface area contributed by atoms with Gasteiger partial charge in [-0.25, -0.2) is 4.98 Å². The molecule has 2 aromatic rings. The van der Waals surface area contributed by atoms with Crippen LogP contribution in [0, 0.1) is 3.57 Å². The number of hydrogen-bond acceptors (Lipinski definition) is 3. The van der Waals surface area contributed by atoms with Gasteiger partial charge in [-0.15, -0.1) is 0 Å². The maximum atomic E-state index is 6.02. The first kappa shape index (κ1) is 14.8. The van der Waals surface area contributed by atoms with Crippen LogP contribution in [-0.4, -0.2) is 18.1 Å². The Balaban J connectivity index is 2.06. The zero-order chi connectivity index (χ0) is 13.7. The van der Waals surface area contributed by atoms with Gasteiger partial charge in [0.15, 0.2) is 11.7 Å². The number of hydrogen-bond donors (Lipinski definition) is 1. The minimum Gasteiger partial charge on any atom is -0.441 e. The predicted octanol–water partition coefficient (Wildman–Crippen LogP) is 4.14. The first-order valence-electron chi connectivity index (χ1n) is 6.31. The van der Waals surface area contributed by atoms with Crippen LogP contribution in [0.1, 0.15) is 19.2 Å². The molecule has 5 heteroatoms. The second kappa shape index (κ2) is 7.26. The molecule has 0 aliphatic carbocycles. The maximum absolute atomic E-state index is 6.02. The molecule has 0 aliphatic rings. The molecule has 0 saturated heterocycles. The Morgan fingerprint density at radius 3 is 3.05 bits per heavy atom. The lowest BCUT2D eigenvalue weighted by Crippen LogP contribution is -2.14. The van der Waals surface area contributed by atoms with Crippen LogP contribution in [0.25, 0.3) is 11.3 Å². The van der Waals surface area contributed by atoms with Crippen molar-refractivity contribution in [3.63, 3.8) is 0 Å². The van der Waals surface area contributed by atoms with Crippen LogP contribution in [0.15, 0.2) is 28.8 Å². The monoisotopic (exact) mass is 390 g/mol. The van der Waals surface area contributed by atoms with Gasteiger partial charge in [-0.3, -0.25) is 0 Å². The summed E-state index contributed by atoms with van der Waals surface area (Å²) in [6, 6.07) is 5.76. The largest absolute Gasteiger partial charge is 0.441 e. The summed E-state index contributed by atoms with van der Waals surface area (Å²) < 4.78 is 6.89. The van der Waals surface area contributed by atoms with E-state index in [-0.39, 0.29) is 0 Å². The standard InChI is InChI=1S/C14H16ClIN2O/c1-2-17-7-3-4-14-18-9-13(19-14)11-8-10(15)5-6-12(11)16/h5-6,8-9,17H,2-4,7H2,1H3. The highest BCUT2D eigenvalue weighted by molar-refractivity contribution is 14.1. The van der Waals surface area contributed by atoms with E-state index in [1.165, 1.54) is 0 Å². The van der Waals surface area contributed by atoms with Crippen molar-refractivity contribution in [1.29, 1.82) is 0 Å². The second-order valence-corrected chi connectivity index (χ2v) is 5.80. The summed E-state index contributed by atoms with van der Waals surface area (Å²) in [5.41, 5.74) is 0.999. The molecule has 0 spiro atoms. The third-order valence-corrected chi connectivity index (χ3v) is 3.92. The molecule has 0 atom stereocenters. The van der Waals surface area contributed by atoms with Gasteiger partial charge >= 0.3 is 0 Å². The highest BCUT2D eigenvalue weighted by Gasteiger charge is 2.10. The van der Waals surface area contributed by atoms with E-state index < -0.39 is 0 Å². The van der Waals surface area contributed by atoms with Crippen LogP contribution < -0.4 is 5.32 Å². The fraction of sp³-hybridized carbons (Fsp3) is 0.357. The summed E-state index contributed by atoms with van der Waals surface area (Å²) >= 11 is 8.29. The maximum Gasteiger partial charge on any atom is 0.194 e. The molecule has 3 nitrogen and oxygen atoms in total. The topological polar surface area (TPSA) is 38.1 Å². The van der Waals surface area contributed by atoms with E-state index in [1.54, 1.807) is 6.20 Å². The molecule has 1 heterocycles. The number of aromatic nitrogens is 1. The van der Waals surface area contributed by atoms with Crippen LogP contribution in [0.3, 0.4) is 0 Å². The zero-order valence-electron chi connectivity index (χ0n) is 10.7. The van der Waals surface area contributed by atoms with Crippen LogP contribution >= 0.6 is 34.2 Å². The number of rotatable bonds is 6. The van der Waals surface area contributed by atoms with Crippen molar-refractivity contribution in [2.45, 2.75) is 19.8 Å². The van der Waals surface area contributed by atoms with Gasteiger partial charge in [0, 0.05) is 20.6 Å². The average molecular weight is 391 g/mol. The normalized spacial score (nSPS) is 10.9. The van der Waals surface area contributed by atoms with Crippen LogP contribution in [0.4, 0.5) is 0 Å². The van der Waals surface area contributed by atoms with Crippen LogP contribution in [0.5, 0.6) is 0 Å². The predicted molar refractivity (Wildman–Crippen MR) is 86.5 cm³/mol. The van der Waals surface area contributed by atoms with E-state index in [1.807, 2.05) is 18.2 Å². The number of benzene rings is 1. The molecule has 0 fully saturated rings. The Labute approximate surface area is 131 Å². The summed E-state index contributed by atoms with van der Waals surface area (Å²) in [6.45, 7) is 4.09. The lowest BCUT2D eigenvalue weighted by molar-refractivity contribution is 0.493. The molecule has 0 saturated carbocycles. The summed E-state index contributed by atoms with van der Waals surface area (Å²) in [6.07, 6.45) is 3.65. The highest BCUT2D eigenvalue weighted by Crippen LogP contribution is 2.28. The van der Waals surface area contributed by atoms with Crippen molar-refractivity contribution in [3.05, 3.63) is 38.9 Å². The molecular formula is C14H16ClIN2O. The molecule has 0 unspecified atom stereocenters. The third-order valence-electron chi connectivity index (χ3n) is 2.74. The van der Waals surface area contributed by atoms with Crippen molar-refractivity contribution < 1.29 is 4.42 Å². The van der Waals surface area contributed by atoms with E-state index in [0.29, 0.717) is 5.02 Å². The summed E-state index contributed by atoms with van der Waals surface area (Å²) in [7, 11) is 0. The first-order valence-corrected chi connectivity index (χ1v) is 7.77. The van der Waals surface area contributed by atoms with Crippen molar-refractivity contribution >= 4 is 34.2 Å². The van der Waals surface area contributed by atoms with Gasteiger partial charge < -0.3 is 9.73 Å². The van der Waals surface area contributed by atoms with E-state index in [9.17, 15) is 0 Å². The number of nitrogens with one attached hydrogen (secondary N) is 1. The zero-order valence-corrected chi connectivity index (χ0v) is 13.7. The molecule has 102 valence electrons. The molecule has 1 aromatic carbocycles. The fourth-order valence-corrected chi connectivity index (χ4v) is 2.55. The van der Waals surface area contributed by atoms with Crippen molar-refractivity contribution in [2.75, 3.05) is 13.1 Å². The quantitative estimate of drug-likeness (QED) is 0.595. The summed E-state index contributed by atoms with van der Waals surface area (Å²) in [5, 5.41) is 3.99. The van der Waals surface area contributed by atoms with Gasteiger partial charge in [0.2, 0.25) is 0 Å². The average Bonchev–Trinajstić information content (AvgIpc) is 2.86. The Hall–Kier alpha value is -0.590. The number of aryl methyl sites for hydroxylation is 1. The Kier molecular flexibility index (Phi) is 5.66. The van der Waals surface area contributed by atoms with Crippen molar-refractivity contribution in [3.8, 4) is 11.3 Å². The second-order valence-electron chi connectivity index (χ2n) is 4.20. The van der Waals surface area contributed by atoms with Gasteiger partial charge in [0.05, 0.1) is 6.20 Å². The molecule has 19 heavy (non-hydrogen) atoms. The van der Waals surface area contributed by atoms with Crippen LogP contribution in [-0.2, 0) is 6.42 Å². The van der Waals surface area contributed by atoms with E-state index >= 15 is 0 Å². The SMILES string of the molecule is CCNCCCc1ncc(-c2cc(Cl)ccc2I)o1. The fourth-order valence-electron chi connectivity index (χ4n) is 1.78. The smallest absolute Gasteiger partial charge is 0.194 e. The van der Waals surface area contributed by atoms with Crippen molar-refractivity contribution in [1.82, 2.24) is 10.3 Å². The molecule has 0 bridgehead atoms.